The fourth-order valence-corrected chi connectivity index (χ4v) is 1.94. The first kappa shape index (κ1) is 13.5. The average molecular weight is 287 g/mol. The summed E-state index contributed by atoms with van der Waals surface area (Å²) in [6.45, 7) is 1.17. The molecular weight excluding hydrogens is 274 g/mol. The van der Waals surface area contributed by atoms with Crippen molar-refractivity contribution >= 4 is 11.6 Å². The van der Waals surface area contributed by atoms with Crippen LogP contribution in [0.25, 0.3) is 0 Å². The van der Waals surface area contributed by atoms with Crippen LogP contribution in [-0.4, -0.2) is 29.3 Å². The number of hydrogen-bond acceptors (Lipinski definition) is 5. The molecule has 1 aliphatic heterocycles. The summed E-state index contributed by atoms with van der Waals surface area (Å²) in [5.41, 5.74) is 1.30. The number of carbonyl (C=O) groups is 1. The molecule has 1 fully saturated rings. The van der Waals surface area contributed by atoms with Gasteiger partial charge in [-0.2, -0.15) is 5.10 Å². The maximum absolute atomic E-state index is 11.9. The van der Waals surface area contributed by atoms with Gasteiger partial charge in [0.1, 0.15) is 5.69 Å². The van der Waals surface area contributed by atoms with Gasteiger partial charge in [0, 0.05) is 17.3 Å². The van der Waals surface area contributed by atoms with Crippen molar-refractivity contribution in [3.05, 3.63) is 58.0 Å². The number of H-pyrrole nitrogens is 1. The van der Waals surface area contributed by atoms with E-state index in [1.807, 2.05) is 12.1 Å². The number of amides is 1. The predicted octanol–water partition coefficient (Wildman–Crippen LogP) is 1.07. The molecule has 1 saturated heterocycles. The Balaban J connectivity index is 1.68. The van der Waals surface area contributed by atoms with Crippen LogP contribution in [0.4, 0.5) is 5.69 Å². The first-order chi connectivity index (χ1) is 10.2. The third-order valence-electron chi connectivity index (χ3n) is 2.97. The average Bonchev–Trinajstić information content (AvgIpc) is 3.03. The highest BCUT2D eigenvalue weighted by Gasteiger charge is 2.18. The van der Waals surface area contributed by atoms with Gasteiger partial charge in [-0.25, -0.2) is 5.10 Å². The highest BCUT2D eigenvalue weighted by molar-refractivity contribution is 6.02. The predicted molar refractivity (Wildman–Crippen MR) is 73.9 cm³/mol. The minimum atomic E-state index is -0.396. The third kappa shape index (κ3) is 3.15. The van der Waals surface area contributed by atoms with Crippen LogP contribution < -0.4 is 10.9 Å². The summed E-state index contributed by atoms with van der Waals surface area (Å²) in [6.07, 6.45) is -0.337. The third-order valence-corrected chi connectivity index (χ3v) is 2.97. The summed E-state index contributed by atoms with van der Waals surface area (Å²) in [4.78, 5) is 22.8. The van der Waals surface area contributed by atoms with Crippen molar-refractivity contribution in [2.45, 2.75) is 6.29 Å². The van der Waals surface area contributed by atoms with Crippen molar-refractivity contribution in [2.24, 2.45) is 0 Å². The Kier molecular flexibility index (Phi) is 3.76. The molecule has 2 N–H and O–H groups in total. The number of nitrogens with zero attached hydrogens (tertiary/aromatic N) is 1. The molecule has 2 aromatic rings. The quantitative estimate of drug-likeness (QED) is 0.880. The molecule has 0 unspecified atom stereocenters. The molecule has 1 aromatic carbocycles. The molecular formula is C14H13N3O4. The second kappa shape index (κ2) is 5.86. The Bertz CT molecular complexity index is 670. The van der Waals surface area contributed by atoms with E-state index in [0.717, 1.165) is 5.56 Å². The summed E-state index contributed by atoms with van der Waals surface area (Å²) >= 11 is 0. The van der Waals surface area contributed by atoms with Crippen LogP contribution in [0.15, 0.2) is 41.2 Å². The Labute approximate surface area is 119 Å². The van der Waals surface area contributed by atoms with E-state index in [1.54, 1.807) is 12.1 Å². The lowest BCUT2D eigenvalue weighted by molar-refractivity contribution is -0.0441. The van der Waals surface area contributed by atoms with E-state index in [2.05, 4.69) is 15.5 Å². The molecule has 7 nitrogen and oxygen atoms in total. The Morgan fingerprint density at radius 1 is 1.14 bits per heavy atom. The normalized spacial score (nSPS) is 15.0. The lowest BCUT2D eigenvalue weighted by atomic mass is 10.2. The summed E-state index contributed by atoms with van der Waals surface area (Å²) in [5, 5.41) is 8.57. The van der Waals surface area contributed by atoms with E-state index in [9.17, 15) is 9.59 Å². The Morgan fingerprint density at radius 2 is 1.86 bits per heavy atom. The van der Waals surface area contributed by atoms with E-state index in [0.29, 0.717) is 18.9 Å². The second-order valence-corrected chi connectivity index (χ2v) is 4.46. The monoisotopic (exact) mass is 287 g/mol. The number of aromatic amines is 1. The number of carbonyl (C=O) groups excluding carboxylic acids is 1. The first-order valence-corrected chi connectivity index (χ1v) is 6.42. The molecule has 108 valence electrons. The van der Waals surface area contributed by atoms with Gasteiger partial charge >= 0.3 is 0 Å². The van der Waals surface area contributed by atoms with Gasteiger partial charge in [0.2, 0.25) is 0 Å². The van der Waals surface area contributed by atoms with E-state index in [-0.39, 0.29) is 17.5 Å². The molecule has 2 heterocycles. The maximum atomic E-state index is 11.9. The van der Waals surface area contributed by atoms with Gasteiger partial charge in [-0.05, 0) is 18.2 Å². The van der Waals surface area contributed by atoms with Gasteiger partial charge in [-0.1, -0.05) is 12.1 Å². The van der Waals surface area contributed by atoms with E-state index >= 15 is 0 Å². The molecule has 1 aromatic heterocycles. The fourth-order valence-electron chi connectivity index (χ4n) is 1.94. The topological polar surface area (TPSA) is 93.3 Å². The van der Waals surface area contributed by atoms with Crippen LogP contribution in [0.3, 0.4) is 0 Å². The number of hydrogen-bond donors (Lipinski definition) is 2. The van der Waals surface area contributed by atoms with Crippen LogP contribution in [0, 0.1) is 0 Å². The van der Waals surface area contributed by atoms with Crippen LogP contribution in [0.5, 0.6) is 0 Å². The van der Waals surface area contributed by atoms with Gasteiger partial charge < -0.3 is 14.8 Å². The van der Waals surface area contributed by atoms with E-state index in [1.165, 1.54) is 12.1 Å². The van der Waals surface area contributed by atoms with Crippen LogP contribution in [0.1, 0.15) is 22.3 Å². The van der Waals surface area contributed by atoms with Crippen LogP contribution in [-0.2, 0) is 9.47 Å². The molecule has 1 amide bonds. The maximum Gasteiger partial charge on any atom is 0.276 e. The van der Waals surface area contributed by atoms with Gasteiger partial charge in [0.25, 0.3) is 11.5 Å². The molecule has 0 radical (unpaired) electrons. The lowest BCUT2D eigenvalue weighted by Gasteiger charge is -2.10. The fraction of sp³-hybridized carbons (Fsp3) is 0.214. The van der Waals surface area contributed by atoms with Crippen LogP contribution in [0.2, 0.25) is 0 Å². The molecule has 0 saturated carbocycles. The second-order valence-electron chi connectivity index (χ2n) is 4.46. The number of benzene rings is 1. The van der Waals surface area contributed by atoms with Gasteiger partial charge in [0.05, 0.1) is 13.2 Å². The van der Waals surface area contributed by atoms with Crippen molar-refractivity contribution in [1.82, 2.24) is 10.2 Å². The highest BCUT2D eigenvalue weighted by Crippen LogP contribution is 2.24. The number of nitrogens with one attached hydrogen (secondary N) is 2. The van der Waals surface area contributed by atoms with Crippen molar-refractivity contribution in [3.8, 4) is 0 Å². The molecule has 7 heteroatoms. The van der Waals surface area contributed by atoms with Gasteiger partial charge in [-0.3, -0.25) is 9.59 Å². The van der Waals surface area contributed by atoms with Crippen molar-refractivity contribution in [2.75, 3.05) is 18.5 Å². The molecule has 0 atom stereocenters. The highest BCUT2D eigenvalue weighted by atomic mass is 16.7. The summed E-state index contributed by atoms with van der Waals surface area (Å²) < 4.78 is 10.8. The Hall–Kier alpha value is -2.51. The largest absolute Gasteiger partial charge is 0.346 e. The van der Waals surface area contributed by atoms with Crippen molar-refractivity contribution in [1.29, 1.82) is 0 Å². The smallest absolute Gasteiger partial charge is 0.276 e. The molecule has 21 heavy (non-hydrogen) atoms. The molecule has 0 bridgehead atoms. The van der Waals surface area contributed by atoms with E-state index < -0.39 is 5.91 Å². The summed E-state index contributed by atoms with van der Waals surface area (Å²) in [5.74, 6) is -0.396. The summed E-state index contributed by atoms with van der Waals surface area (Å²) in [6, 6.07) is 9.77. The number of aromatic nitrogens is 2. The first-order valence-electron chi connectivity index (χ1n) is 6.42. The zero-order chi connectivity index (χ0) is 14.7. The minimum absolute atomic E-state index is 0.140. The SMILES string of the molecule is O=C(Nc1ccc(C2OCCO2)cc1)c1ccc(=O)[nH]n1. The molecule has 0 aliphatic carbocycles. The number of rotatable bonds is 3. The Morgan fingerprint density at radius 3 is 2.48 bits per heavy atom. The lowest BCUT2D eigenvalue weighted by Crippen LogP contribution is -2.17. The summed E-state index contributed by atoms with van der Waals surface area (Å²) in [7, 11) is 0. The molecule has 0 spiro atoms. The zero-order valence-corrected chi connectivity index (χ0v) is 11.0. The van der Waals surface area contributed by atoms with Crippen molar-refractivity contribution < 1.29 is 14.3 Å². The van der Waals surface area contributed by atoms with Gasteiger partial charge in [-0.15, -0.1) is 0 Å². The van der Waals surface area contributed by atoms with Crippen molar-refractivity contribution in [3.63, 3.8) is 0 Å². The number of anilines is 1. The van der Waals surface area contributed by atoms with Gasteiger partial charge in [0.15, 0.2) is 6.29 Å². The standard InChI is InChI=1S/C14H13N3O4/c18-12-6-5-11(16-17-12)13(19)15-10-3-1-9(2-4-10)14-20-7-8-21-14/h1-6,14H,7-8H2,(H,15,19)(H,17,18). The molecule has 1 aliphatic rings. The minimum Gasteiger partial charge on any atom is -0.346 e. The zero-order valence-electron chi connectivity index (χ0n) is 11.0. The van der Waals surface area contributed by atoms with E-state index in [4.69, 9.17) is 9.47 Å². The number of ether oxygens (including phenoxy) is 2. The van der Waals surface area contributed by atoms with Crippen LogP contribution >= 0.6 is 0 Å². The molecule has 3 rings (SSSR count).